The fourth-order valence-electron chi connectivity index (χ4n) is 3.13. The molecule has 2 heterocycles. The zero-order valence-electron chi connectivity index (χ0n) is 15.3. The Labute approximate surface area is 148 Å². The lowest BCUT2D eigenvalue weighted by Crippen LogP contribution is -2.40. The number of urea groups is 1. The molecule has 2 aromatic rings. The number of nitrogens with one attached hydrogen (secondary N) is 1. The molecule has 0 radical (unpaired) electrons. The van der Waals surface area contributed by atoms with Crippen LogP contribution < -0.4 is 10.2 Å². The summed E-state index contributed by atoms with van der Waals surface area (Å²) in [4.78, 5) is 25.6. The first kappa shape index (κ1) is 17.2. The van der Waals surface area contributed by atoms with E-state index in [2.05, 4.69) is 28.3 Å². The quantitative estimate of drug-likeness (QED) is 0.934. The van der Waals surface area contributed by atoms with Gasteiger partial charge in [0.05, 0.1) is 12.2 Å². The van der Waals surface area contributed by atoms with Gasteiger partial charge in [-0.05, 0) is 31.0 Å². The van der Waals surface area contributed by atoms with E-state index in [1.54, 1.807) is 0 Å². The molecular weight excluding hydrogens is 314 g/mol. The Kier molecular flexibility index (Phi) is 4.88. The van der Waals surface area contributed by atoms with Crippen molar-refractivity contribution in [1.29, 1.82) is 0 Å². The van der Waals surface area contributed by atoms with Crippen molar-refractivity contribution in [1.82, 2.24) is 14.9 Å². The number of nitrogens with zero attached hydrogens (tertiary/aromatic N) is 4. The van der Waals surface area contributed by atoms with Gasteiger partial charge in [0.1, 0.15) is 11.6 Å². The number of aryl methyl sites for hydroxylation is 2. The minimum Gasteiger partial charge on any atom is -0.362 e. The number of hydrogen-bond donors (Lipinski definition) is 1. The van der Waals surface area contributed by atoms with Crippen molar-refractivity contribution in [2.75, 3.05) is 30.9 Å². The molecule has 1 aliphatic heterocycles. The van der Waals surface area contributed by atoms with E-state index in [0.717, 1.165) is 41.4 Å². The van der Waals surface area contributed by atoms with Crippen LogP contribution in [0.2, 0.25) is 0 Å². The highest BCUT2D eigenvalue weighted by Crippen LogP contribution is 2.26. The van der Waals surface area contributed by atoms with Gasteiger partial charge in [-0.2, -0.15) is 0 Å². The molecule has 6 heteroatoms. The molecule has 1 aliphatic rings. The molecule has 25 heavy (non-hydrogen) atoms. The minimum atomic E-state index is -0.0795. The first-order chi connectivity index (χ1) is 12.0. The molecule has 0 unspecified atom stereocenters. The van der Waals surface area contributed by atoms with Crippen molar-refractivity contribution in [3.63, 3.8) is 0 Å². The molecule has 0 spiro atoms. The smallest absolute Gasteiger partial charge is 0.322 e. The zero-order valence-corrected chi connectivity index (χ0v) is 15.3. The molecule has 1 N–H and O–H groups in total. The van der Waals surface area contributed by atoms with Gasteiger partial charge in [-0.1, -0.05) is 19.1 Å². The van der Waals surface area contributed by atoms with E-state index in [0.29, 0.717) is 13.1 Å². The highest BCUT2D eigenvalue weighted by molar-refractivity contribution is 5.89. The summed E-state index contributed by atoms with van der Waals surface area (Å²) in [7, 11) is 3.94. The fraction of sp³-hybridized carbons (Fsp3) is 0.421. The van der Waals surface area contributed by atoms with Crippen LogP contribution >= 0.6 is 0 Å². The average molecular weight is 339 g/mol. The summed E-state index contributed by atoms with van der Waals surface area (Å²) in [5, 5.41) is 3.01. The Morgan fingerprint density at radius 1 is 1.32 bits per heavy atom. The van der Waals surface area contributed by atoms with Crippen molar-refractivity contribution in [3.05, 3.63) is 46.9 Å². The summed E-state index contributed by atoms with van der Waals surface area (Å²) >= 11 is 0. The molecule has 0 fully saturated rings. The normalized spacial score (nSPS) is 13.4. The zero-order chi connectivity index (χ0) is 18.0. The topological polar surface area (TPSA) is 61.4 Å². The number of carbonyl (C=O) groups is 1. The van der Waals surface area contributed by atoms with Gasteiger partial charge in [0.25, 0.3) is 0 Å². The number of rotatable bonds is 3. The third-order valence-electron chi connectivity index (χ3n) is 4.45. The summed E-state index contributed by atoms with van der Waals surface area (Å²) in [6.07, 6.45) is 1.70. The fourth-order valence-corrected chi connectivity index (χ4v) is 3.13. The molecule has 0 aliphatic carbocycles. The molecule has 2 amide bonds. The number of anilines is 2. The average Bonchev–Trinajstić information content (AvgIpc) is 2.60. The Morgan fingerprint density at radius 3 is 2.84 bits per heavy atom. The number of aromatic nitrogens is 2. The third-order valence-corrected chi connectivity index (χ3v) is 4.45. The van der Waals surface area contributed by atoms with E-state index in [4.69, 9.17) is 0 Å². The molecule has 0 atom stereocenters. The molecule has 3 rings (SSSR count). The van der Waals surface area contributed by atoms with Gasteiger partial charge in [0.2, 0.25) is 0 Å². The van der Waals surface area contributed by atoms with Crippen LogP contribution in [0.4, 0.5) is 16.3 Å². The van der Waals surface area contributed by atoms with Crippen LogP contribution in [0.3, 0.4) is 0 Å². The monoisotopic (exact) mass is 339 g/mol. The van der Waals surface area contributed by atoms with Crippen LogP contribution in [0.1, 0.15) is 29.6 Å². The van der Waals surface area contributed by atoms with Gasteiger partial charge in [0.15, 0.2) is 0 Å². The molecule has 0 bridgehead atoms. The first-order valence-corrected chi connectivity index (χ1v) is 8.66. The van der Waals surface area contributed by atoms with Crippen molar-refractivity contribution < 1.29 is 4.79 Å². The lowest BCUT2D eigenvalue weighted by atomic mass is 10.1. The Balaban J connectivity index is 1.78. The Morgan fingerprint density at radius 2 is 2.12 bits per heavy atom. The van der Waals surface area contributed by atoms with Crippen LogP contribution in [0, 0.1) is 6.92 Å². The van der Waals surface area contributed by atoms with Crippen LogP contribution in [0.25, 0.3) is 0 Å². The second-order valence-electron chi connectivity index (χ2n) is 6.57. The predicted octanol–water partition coefficient (Wildman–Crippen LogP) is 3.00. The summed E-state index contributed by atoms with van der Waals surface area (Å²) < 4.78 is 0. The predicted molar refractivity (Wildman–Crippen MR) is 100 cm³/mol. The van der Waals surface area contributed by atoms with Crippen LogP contribution in [-0.2, 0) is 19.4 Å². The maximum Gasteiger partial charge on any atom is 0.322 e. The Bertz CT molecular complexity index is 787. The number of carbonyl (C=O) groups excluding carboxylic acids is 1. The second kappa shape index (κ2) is 7.09. The number of benzene rings is 1. The minimum absolute atomic E-state index is 0.0795. The SMILES string of the molecule is CCc1cccc(NC(=O)N2CCc3nc(C)nc(N(C)C)c3C2)c1. The maximum atomic E-state index is 12.7. The van der Waals surface area contributed by atoms with Gasteiger partial charge < -0.3 is 15.1 Å². The van der Waals surface area contributed by atoms with E-state index in [-0.39, 0.29) is 6.03 Å². The highest BCUT2D eigenvalue weighted by Gasteiger charge is 2.25. The maximum absolute atomic E-state index is 12.7. The van der Waals surface area contributed by atoms with Gasteiger partial charge in [-0.25, -0.2) is 14.8 Å². The highest BCUT2D eigenvalue weighted by atomic mass is 16.2. The standard InChI is InChI=1S/C19H25N5O/c1-5-14-7-6-8-15(11-14)22-19(25)24-10-9-17-16(12-24)18(23(3)4)21-13(2)20-17/h6-8,11H,5,9-10,12H2,1-4H3,(H,22,25). The molecular formula is C19H25N5O. The first-order valence-electron chi connectivity index (χ1n) is 8.66. The van der Waals surface area contributed by atoms with Gasteiger partial charge in [0, 0.05) is 38.3 Å². The van der Waals surface area contributed by atoms with Crippen molar-refractivity contribution in [2.45, 2.75) is 33.2 Å². The largest absolute Gasteiger partial charge is 0.362 e. The number of hydrogen-bond acceptors (Lipinski definition) is 4. The molecule has 132 valence electrons. The van der Waals surface area contributed by atoms with Gasteiger partial charge in [-0.3, -0.25) is 0 Å². The van der Waals surface area contributed by atoms with Crippen LogP contribution in [0.15, 0.2) is 24.3 Å². The Hall–Kier alpha value is -2.63. The second-order valence-corrected chi connectivity index (χ2v) is 6.57. The number of fused-ring (bicyclic) bond motifs is 1. The summed E-state index contributed by atoms with van der Waals surface area (Å²) in [5.74, 6) is 1.67. The molecule has 1 aromatic carbocycles. The van der Waals surface area contributed by atoms with Gasteiger partial charge in [-0.15, -0.1) is 0 Å². The molecule has 1 aromatic heterocycles. The van der Waals surface area contributed by atoms with E-state index in [1.165, 1.54) is 5.56 Å². The van der Waals surface area contributed by atoms with E-state index < -0.39 is 0 Å². The van der Waals surface area contributed by atoms with Crippen molar-refractivity contribution >= 4 is 17.5 Å². The van der Waals surface area contributed by atoms with E-state index in [1.807, 2.05) is 49.0 Å². The third kappa shape index (κ3) is 3.73. The lowest BCUT2D eigenvalue weighted by molar-refractivity contribution is 0.206. The molecule has 0 saturated heterocycles. The van der Waals surface area contributed by atoms with E-state index in [9.17, 15) is 4.79 Å². The van der Waals surface area contributed by atoms with Crippen LogP contribution in [0.5, 0.6) is 0 Å². The summed E-state index contributed by atoms with van der Waals surface area (Å²) in [6.45, 7) is 5.21. The van der Waals surface area contributed by atoms with E-state index >= 15 is 0 Å². The van der Waals surface area contributed by atoms with Gasteiger partial charge >= 0.3 is 6.03 Å². The summed E-state index contributed by atoms with van der Waals surface area (Å²) in [6, 6.07) is 7.90. The summed E-state index contributed by atoms with van der Waals surface area (Å²) in [5.41, 5.74) is 4.14. The van der Waals surface area contributed by atoms with Crippen molar-refractivity contribution in [2.24, 2.45) is 0 Å². The molecule has 0 saturated carbocycles. The van der Waals surface area contributed by atoms with Crippen LogP contribution in [-0.4, -0.2) is 41.5 Å². The van der Waals surface area contributed by atoms with Crippen molar-refractivity contribution in [3.8, 4) is 0 Å². The lowest BCUT2D eigenvalue weighted by Gasteiger charge is -2.31. The number of amides is 2. The molecule has 6 nitrogen and oxygen atoms in total.